The summed E-state index contributed by atoms with van der Waals surface area (Å²) in [6.45, 7) is 4.77. The molecule has 0 amide bonds. The Bertz CT molecular complexity index is 845. The summed E-state index contributed by atoms with van der Waals surface area (Å²) >= 11 is 0. The Morgan fingerprint density at radius 3 is 2.92 bits per heavy atom. The van der Waals surface area contributed by atoms with Crippen LogP contribution in [0.4, 0.5) is 5.95 Å². The number of rotatable bonds is 5. The molecule has 8 heteroatoms. The molecule has 2 N–H and O–H groups in total. The zero-order valence-electron chi connectivity index (χ0n) is 15.2. The third kappa shape index (κ3) is 3.86. The van der Waals surface area contributed by atoms with Gasteiger partial charge >= 0.3 is 11.4 Å². The Labute approximate surface area is 151 Å². The number of nitrogens with one attached hydrogen (secondary N) is 2. The lowest BCUT2D eigenvalue weighted by atomic mass is 10.1. The van der Waals surface area contributed by atoms with Crippen molar-refractivity contribution in [1.29, 1.82) is 0 Å². The Morgan fingerprint density at radius 2 is 2.23 bits per heavy atom. The van der Waals surface area contributed by atoms with Crippen molar-refractivity contribution in [2.24, 2.45) is 0 Å². The molecule has 2 aromatic rings. The Hall–Kier alpha value is -2.45. The fourth-order valence-corrected chi connectivity index (χ4v) is 3.24. The molecule has 26 heavy (non-hydrogen) atoms. The molecule has 0 spiro atoms. The summed E-state index contributed by atoms with van der Waals surface area (Å²) in [4.78, 5) is 31.7. The number of methoxy groups -OCH3 is 1. The van der Waals surface area contributed by atoms with Gasteiger partial charge in [0.25, 0.3) is 0 Å². The van der Waals surface area contributed by atoms with Crippen molar-refractivity contribution in [2.45, 2.75) is 38.5 Å². The minimum absolute atomic E-state index is 0.108. The maximum atomic E-state index is 12.5. The van der Waals surface area contributed by atoms with Crippen molar-refractivity contribution in [1.82, 2.24) is 14.5 Å². The first-order valence-corrected chi connectivity index (χ1v) is 8.66. The molecule has 8 nitrogen and oxygen atoms in total. The average molecular weight is 360 g/mol. The van der Waals surface area contributed by atoms with Gasteiger partial charge in [-0.3, -0.25) is 4.98 Å². The predicted octanol–water partition coefficient (Wildman–Crippen LogP) is 1.39. The van der Waals surface area contributed by atoms with Crippen LogP contribution in [0.5, 0.6) is 0 Å². The summed E-state index contributed by atoms with van der Waals surface area (Å²) in [5.74, 6) is 0.159. The van der Waals surface area contributed by atoms with Gasteiger partial charge in [-0.25, -0.2) is 14.2 Å². The lowest BCUT2D eigenvalue weighted by Gasteiger charge is -2.30. The summed E-state index contributed by atoms with van der Waals surface area (Å²) in [5.41, 5.74) is 1.08. The highest BCUT2D eigenvalue weighted by molar-refractivity contribution is 5.32. The van der Waals surface area contributed by atoms with Crippen LogP contribution in [0, 0.1) is 6.92 Å². The van der Waals surface area contributed by atoms with Crippen LogP contribution in [0.1, 0.15) is 36.6 Å². The Balaban J connectivity index is 1.85. The molecule has 1 aliphatic rings. The molecule has 0 radical (unpaired) electrons. The number of anilines is 1. The van der Waals surface area contributed by atoms with Gasteiger partial charge < -0.3 is 14.8 Å². The number of aryl methyl sites for hydroxylation is 1. The van der Waals surface area contributed by atoms with E-state index in [1.807, 2.05) is 38.1 Å². The molecule has 1 aliphatic heterocycles. The van der Waals surface area contributed by atoms with Crippen molar-refractivity contribution < 1.29 is 9.47 Å². The number of nitrogens with zero attached hydrogens (tertiary/aromatic N) is 2. The van der Waals surface area contributed by atoms with Crippen LogP contribution >= 0.6 is 0 Å². The normalized spacial score (nSPS) is 21.3. The van der Waals surface area contributed by atoms with E-state index in [1.54, 1.807) is 7.11 Å². The number of ether oxygens (including phenoxy) is 2. The molecule has 1 fully saturated rings. The lowest BCUT2D eigenvalue weighted by molar-refractivity contribution is -0.0622. The van der Waals surface area contributed by atoms with E-state index in [1.165, 1.54) is 0 Å². The predicted molar refractivity (Wildman–Crippen MR) is 97.6 cm³/mol. The fraction of sp³-hybridized carbons (Fsp3) is 0.500. The number of H-pyrrole nitrogens is 1. The van der Waals surface area contributed by atoms with Gasteiger partial charge in [0.1, 0.15) is 6.10 Å². The molecular formula is C18H24N4O4. The van der Waals surface area contributed by atoms with Crippen molar-refractivity contribution >= 4 is 5.95 Å². The van der Waals surface area contributed by atoms with Crippen LogP contribution in [-0.2, 0) is 9.47 Å². The van der Waals surface area contributed by atoms with Gasteiger partial charge in [0.2, 0.25) is 5.95 Å². The smallest absolute Gasteiger partial charge is 0.355 e. The first kappa shape index (κ1) is 18.3. The van der Waals surface area contributed by atoms with Gasteiger partial charge in [-0.15, -0.1) is 0 Å². The van der Waals surface area contributed by atoms with Gasteiger partial charge in [-0.2, -0.15) is 4.98 Å². The molecule has 0 bridgehead atoms. The first-order chi connectivity index (χ1) is 12.5. The molecule has 2 heterocycles. The summed E-state index contributed by atoms with van der Waals surface area (Å²) in [7, 11) is 1.54. The highest BCUT2D eigenvalue weighted by atomic mass is 16.5. The second-order valence-electron chi connectivity index (χ2n) is 6.53. The molecule has 0 unspecified atom stereocenters. The Morgan fingerprint density at radius 1 is 1.42 bits per heavy atom. The summed E-state index contributed by atoms with van der Waals surface area (Å²) in [6.07, 6.45) is 0.171. The van der Waals surface area contributed by atoms with E-state index in [0.29, 0.717) is 19.6 Å². The van der Waals surface area contributed by atoms with E-state index in [-0.39, 0.29) is 24.1 Å². The molecule has 0 aliphatic carbocycles. The summed E-state index contributed by atoms with van der Waals surface area (Å²) in [5, 5.41) is 3.09. The van der Waals surface area contributed by atoms with Gasteiger partial charge in [0.05, 0.1) is 18.7 Å². The molecule has 3 rings (SSSR count). The second kappa shape index (κ2) is 7.84. The Kier molecular flexibility index (Phi) is 5.53. The SMILES string of the molecule is CO[C@H]1COCC[C@@H]1n1c(=O)nc(N[C@@H](C)c2cccc(C)c2)[nH]c1=O. The van der Waals surface area contributed by atoms with Crippen molar-refractivity contribution in [3.63, 3.8) is 0 Å². The van der Waals surface area contributed by atoms with Gasteiger partial charge in [0.15, 0.2) is 0 Å². The molecule has 3 atom stereocenters. The molecule has 1 saturated heterocycles. The van der Waals surface area contributed by atoms with Crippen LogP contribution in [-0.4, -0.2) is 41.0 Å². The van der Waals surface area contributed by atoms with E-state index in [4.69, 9.17) is 9.47 Å². The maximum Gasteiger partial charge on any atom is 0.355 e. The van der Waals surface area contributed by atoms with Crippen LogP contribution in [0.2, 0.25) is 0 Å². The van der Waals surface area contributed by atoms with Crippen LogP contribution < -0.4 is 16.7 Å². The van der Waals surface area contributed by atoms with Gasteiger partial charge in [-0.05, 0) is 25.8 Å². The van der Waals surface area contributed by atoms with E-state index in [9.17, 15) is 9.59 Å². The second-order valence-corrected chi connectivity index (χ2v) is 6.53. The fourth-order valence-electron chi connectivity index (χ4n) is 3.24. The number of hydrogen-bond donors (Lipinski definition) is 2. The topological polar surface area (TPSA) is 98.2 Å². The largest absolute Gasteiger partial charge is 0.379 e. The van der Waals surface area contributed by atoms with Crippen molar-refractivity contribution in [3.05, 3.63) is 56.4 Å². The summed E-state index contributed by atoms with van der Waals surface area (Å²) < 4.78 is 11.8. The van der Waals surface area contributed by atoms with Gasteiger partial charge in [0, 0.05) is 13.7 Å². The summed E-state index contributed by atoms with van der Waals surface area (Å²) in [6, 6.07) is 7.51. The molecule has 140 valence electrons. The van der Waals surface area contributed by atoms with Crippen LogP contribution in [0.25, 0.3) is 0 Å². The lowest BCUT2D eigenvalue weighted by Crippen LogP contribution is -2.47. The first-order valence-electron chi connectivity index (χ1n) is 8.66. The van der Waals surface area contributed by atoms with Crippen molar-refractivity contribution in [3.8, 4) is 0 Å². The highest BCUT2D eigenvalue weighted by Crippen LogP contribution is 2.21. The molecule has 1 aromatic heterocycles. The van der Waals surface area contributed by atoms with E-state index < -0.39 is 11.4 Å². The number of benzene rings is 1. The quantitative estimate of drug-likeness (QED) is 0.836. The number of aromatic amines is 1. The third-order valence-electron chi connectivity index (χ3n) is 4.66. The number of hydrogen-bond acceptors (Lipinski definition) is 6. The zero-order chi connectivity index (χ0) is 18.7. The van der Waals surface area contributed by atoms with Crippen LogP contribution in [0.15, 0.2) is 33.9 Å². The number of aromatic nitrogens is 3. The molecular weight excluding hydrogens is 336 g/mol. The molecule has 1 aromatic carbocycles. The standard InChI is InChI=1S/C18H24N4O4/c1-11-5-4-6-13(9-11)12(2)19-16-20-17(23)22(18(24)21-16)14-7-8-26-10-15(14)25-3/h4-6,9,12,14-15H,7-8,10H2,1-3H3,(H2,19,20,21,23,24)/t12-,14-,15-/m0/s1. The van der Waals surface area contributed by atoms with E-state index in [0.717, 1.165) is 15.7 Å². The van der Waals surface area contributed by atoms with Crippen molar-refractivity contribution in [2.75, 3.05) is 25.6 Å². The van der Waals surface area contributed by atoms with Gasteiger partial charge in [-0.1, -0.05) is 29.8 Å². The average Bonchev–Trinajstić information content (AvgIpc) is 2.61. The van der Waals surface area contributed by atoms with E-state index in [2.05, 4.69) is 15.3 Å². The zero-order valence-corrected chi connectivity index (χ0v) is 15.2. The third-order valence-corrected chi connectivity index (χ3v) is 4.66. The molecule has 0 saturated carbocycles. The maximum absolute atomic E-state index is 12.5. The van der Waals surface area contributed by atoms with Crippen LogP contribution in [0.3, 0.4) is 0 Å². The minimum Gasteiger partial charge on any atom is -0.379 e. The monoisotopic (exact) mass is 360 g/mol. The highest BCUT2D eigenvalue weighted by Gasteiger charge is 2.30. The minimum atomic E-state index is -0.596. The van der Waals surface area contributed by atoms with E-state index >= 15 is 0 Å².